The van der Waals surface area contributed by atoms with Gasteiger partial charge in [0.25, 0.3) is 0 Å². The molecule has 0 aromatic carbocycles. The molecule has 34 nitrogen and oxygen atoms in total. The van der Waals surface area contributed by atoms with Crippen molar-refractivity contribution in [1.82, 2.24) is 65.4 Å². The highest BCUT2D eigenvalue weighted by molar-refractivity contribution is 5.90. The van der Waals surface area contributed by atoms with Crippen LogP contribution in [0.25, 0.3) is 0 Å². The summed E-state index contributed by atoms with van der Waals surface area (Å²) < 4.78 is 6.30. The predicted octanol–water partition coefficient (Wildman–Crippen LogP) is -2.41. The van der Waals surface area contributed by atoms with Gasteiger partial charge in [-0.25, -0.2) is 4.79 Å². The molecule has 3 saturated heterocycles. The summed E-state index contributed by atoms with van der Waals surface area (Å²) >= 11 is 0. The number of nitrogens with one attached hydrogen (secondary N) is 4. The monoisotopic (exact) mass is 1430 g/mol. The Hall–Kier alpha value is -6.92. The van der Waals surface area contributed by atoms with Gasteiger partial charge in [-0.05, 0) is 104 Å². The maximum absolute atomic E-state index is 14.4. The number of aliphatic hydroxyl groups is 1. The molecule has 0 aromatic heterocycles. The van der Waals surface area contributed by atoms with E-state index in [9.17, 15) is 98.4 Å². The van der Waals surface area contributed by atoms with E-state index in [-0.39, 0.29) is 237 Å². The van der Waals surface area contributed by atoms with Crippen LogP contribution in [-0.2, 0) is 57.5 Å². The third-order valence-corrected chi connectivity index (χ3v) is 23.1. The van der Waals surface area contributed by atoms with E-state index < -0.39 is 95.6 Å². The Bertz CT molecular complexity index is 2690. The lowest BCUT2D eigenvalue weighted by Gasteiger charge is -2.62. The first-order valence-electron chi connectivity index (χ1n) is 35.9. The molecule has 0 radical (unpaired) electrons. The number of amides is 5. The Kier molecular flexibility index (Phi) is 31.1. The average molecular weight is 1430 g/mol. The summed E-state index contributed by atoms with van der Waals surface area (Å²) in [5, 5.41) is 90.4. The quantitative estimate of drug-likeness (QED) is 0.0347. The number of fused-ring (bicyclic) bond motifs is 5. The lowest BCUT2D eigenvalue weighted by molar-refractivity contribution is -0.175. The number of carboxylic acids is 7. The molecule has 7 rings (SSSR count). The Balaban J connectivity index is 0.974. The molecule has 7 aliphatic rings. The molecular weight excluding hydrogens is 1320 g/mol. The Morgan fingerprint density at radius 3 is 1.15 bits per heavy atom. The highest BCUT2D eigenvalue weighted by atomic mass is 16.6. The smallest absolute Gasteiger partial charge is 0.410 e. The highest BCUT2D eigenvalue weighted by Gasteiger charge is 2.64. The van der Waals surface area contributed by atoms with Gasteiger partial charge in [-0.15, -0.1) is 0 Å². The van der Waals surface area contributed by atoms with Gasteiger partial charge >= 0.3 is 47.9 Å². The third-order valence-electron chi connectivity index (χ3n) is 23.1. The van der Waals surface area contributed by atoms with Gasteiger partial charge < -0.3 is 71.8 Å². The Morgan fingerprint density at radius 2 is 0.792 bits per heavy atom. The molecular formula is C67H111N13O21. The highest BCUT2D eigenvalue weighted by Crippen LogP contribution is 2.68. The van der Waals surface area contributed by atoms with E-state index in [1.165, 1.54) is 4.90 Å². The van der Waals surface area contributed by atoms with Crippen LogP contribution >= 0.6 is 0 Å². The molecule has 570 valence electrons. The van der Waals surface area contributed by atoms with Gasteiger partial charge in [0.1, 0.15) is 6.10 Å². The van der Waals surface area contributed by atoms with Crippen LogP contribution in [0.4, 0.5) is 4.79 Å². The molecule has 101 heavy (non-hydrogen) atoms. The molecule has 4 saturated carbocycles. The van der Waals surface area contributed by atoms with E-state index in [0.29, 0.717) is 37.5 Å². The topological polar surface area (TPSA) is 453 Å². The molecule has 3 heterocycles. The van der Waals surface area contributed by atoms with Crippen molar-refractivity contribution in [3.8, 4) is 0 Å². The fourth-order valence-corrected chi connectivity index (χ4v) is 17.6. The summed E-state index contributed by atoms with van der Waals surface area (Å²) in [6.07, 6.45) is 5.48. The minimum Gasteiger partial charge on any atom is -0.481 e. The van der Waals surface area contributed by atoms with Gasteiger partial charge in [0.15, 0.2) is 0 Å². The fourth-order valence-electron chi connectivity index (χ4n) is 17.6. The first-order chi connectivity index (χ1) is 47.9. The zero-order valence-corrected chi connectivity index (χ0v) is 59.0. The number of rotatable bonds is 29. The zero-order chi connectivity index (χ0) is 73.7. The van der Waals surface area contributed by atoms with Crippen LogP contribution in [0.1, 0.15) is 85.0 Å². The average Bonchev–Trinajstić information content (AvgIpc) is 1.69. The van der Waals surface area contributed by atoms with Crippen LogP contribution in [-0.4, -0.2) is 365 Å². The maximum Gasteiger partial charge on any atom is 0.410 e. The number of carbonyl (C=O) groups excluding carboxylic acids is 5. The van der Waals surface area contributed by atoms with E-state index in [0.717, 1.165) is 32.1 Å². The summed E-state index contributed by atoms with van der Waals surface area (Å²) in [5.74, 6) is -10.1. The summed E-state index contributed by atoms with van der Waals surface area (Å²) in [7, 11) is 0. The number of carboxylic acid groups (broad SMARTS) is 7. The largest absolute Gasteiger partial charge is 0.481 e. The van der Waals surface area contributed by atoms with Crippen molar-refractivity contribution in [2.24, 2.45) is 58.2 Å². The second-order valence-electron chi connectivity index (χ2n) is 29.6. The normalized spacial score (nSPS) is 29.5. The van der Waals surface area contributed by atoms with E-state index in [4.69, 9.17) is 4.74 Å². The minimum atomic E-state index is -1.10. The van der Waals surface area contributed by atoms with Crippen LogP contribution in [0.3, 0.4) is 0 Å². The first kappa shape index (κ1) is 81.4. The molecule has 3 aliphatic heterocycles. The maximum atomic E-state index is 14.4. The molecule has 34 heteroatoms. The van der Waals surface area contributed by atoms with Crippen molar-refractivity contribution in [2.75, 3.05) is 196 Å². The second-order valence-corrected chi connectivity index (χ2v) is 29.6. The van der Waals surface area contributed by atoms with Crippen LogP contribution in [0.5, 0.6) is 0 Å². The van der Waals surface area contributed by atoms with Crippen LogP contribution in [0.2, 0.25) is 0 Å². The summed E-state index contributed by atoms with van der Waals surface area (Å²) in [6.45, 7) is 6.75. The zero-order valence-electron chi connectivity index (χ0n) is 59.0. The molecule has 7 fully saturated rings. The van der Waals surface area contributed by atoms with Gasteiger partial charge in [-0.1, -0.05) is 20.8 Å². The van der Waals surface area contributed by atoms with E-state index in [1.54, 1.807) is 39.2 Å². The number of nitrogens with zero attached hydrogens (tertiary/aromatic N) is 9. The predicted molar refractivity (Wildman–Crippen MR) is 361 cm³/mol. The van der Waals surface area contributed by atoms with Gasteiger partial charge in [-0.2, -0.15) is 0 Å². The van der Waals surface area contributed by atoms with Gasteiger partial charge in [0.05, 0.1) is 70.3 Å². The van der Waals surface area contributed by atoms with Crippen molar-refractivity contribution >= 4 is 71.5 Å². The lowest BCUT2D eigenvalue weighted by atomic mass is 9.43. The molecule has 5 amide bonds. The second kappa shape index (κ2) is 38.6. The van der Waals surface area contributed by atoms with Crippen molar-refractivity contribution < 1.29 is 103 Å². The third kappa shape index (κ3) is 24.3. The van der Waals surface area contributed by atoms with Crippen molar-refractivity contribution in [3.05, 3.63) is 0 Å². The van der Waals surface area contributed by atoms with Crippen molar-refractivity contribution in [1.29, 1.82) is 0 Å². The van der Waals surface area contributed by atoms with Crippen LogP contribution in [0.15, 0.2) is 0 Å². The summed E-state index contributed by atoms with van der Waals surface area (Å²) in [6, 6.07) is 0. The van der Waals surface area contributed by atoms with E-state index in [2.05, 4.69) is 42.0 Å². The standard InChI is InChI=1S/C67H111N13O21/c1-44(4-9-56(84)85)50-7-8-51-47-6-5-45-32-46(10-11-66(45,2)52(47)33-53(81)67(50,51)3)101-65(100)80-34-48(63(98)70-14-12-68-54(82)36-72-16-20-74(38-57(86)87)24-28-78(42-61(94)95)29-25-75(21-17-72)39-58(88)89)49(35-80)64(99)71-15-13-69-55(83)37-73-18-22-76(40-59(90)91)26-30-79(43-62(96)97)31-27-77(23-19-73)41-60(92)93/h44-53,81H,4-43H2,1-3H3,(H,68,82)(H,69,83)(H,70,98)(H,71,99)(H,84,85)(H,86,87)(H,88,89)(H,90,91)(H,92,93)(H,94,95)(H,96,97)/t44-,45-,46-,47+,48-,49-,50-,51+,52+,53+,66+,67-/m1/s1. The van der Waals surface area contributed by atoms with Crippen LogP contribution in [0, 0.1) is 58.2 Å². The minimum absolute atomic E-state index is 0.0638. The van der Waals surface area contributed by atoms with Crippen molar-refractivity contribution in [2.45, 2.75) is 97.2 Å². The molecule has 4 aliphatic carbocycles. The SMILES string of the molecule is C[C@H](CCC(=O)O)[C@H]1CC[C@H]2[C@@H]3CC[C@@H]4C[C@H](OC(=O)N5C[C@@H](C(=O)NCCNC(=O)CN6CCN(CC(=O)O)CCN(CC(=O)O)CCN(CC(=O)O)CC6)[C@H](C(=O)NCCNC(=O)CN6CCN(CC(=O)O)CCN(CC(=O)O)CCN(CC(=O)O)CC6)C5)CC[C@]4(C)[C@H]3C[C@H](O)[C@]12C. The van der Waals surface area contributed by atoms with E-state index in [1.807, 2.05) is 0 Å². The first-order valence-corrected chi connectivity index (χ1v) is 35.9. The van der Waals surface area contributed by atoms with E-state index >= 15 is 0 Å². The summed E-state index contributed by atoms with van der Waals surface area (Å²) in [5.41, 5.74) is -0.422. The fraction of sp³-hybridized carbons (Fsp3) is 0.821. The Morgan fingerprint density at radius 1 is 0.436 bits per heavy atom. The molecule has 0 spiro atoms. The van der Waals surface area contributed by atoms with Gasteiger partial charge in [-0.3, -0.25) is 91.9 Å². The molecule has 12 N–H and O–H groups in total. The number of likely N-dealkylation sites (tertiary alicyclic amines) is 1. The Labute approximate surface area is 589 Å². The molecule has 0 bridgehead atoms. The molecule has 0 unspecified atom stereocenters. The number of hydrogen-bond acceptors (Lipinski definition) is 22. The number of aliphatic carboxylic acids is 7. The molecule has 12 atom stereocenters. The van der Waals surface area contributed by atoms with Crippen LogP contribution < -0.4 is 21.3 Å². The number of hydrogen-bond donors (Lipinski definition) is 12. The van der Waals surface area contributed by atoms with Gasteiger partial charge in [0, 0.05) is 150 Å². The lowest BCUT2D eigenvalue weighted by Crippen LogP contribution is -2.59. The summed E-state index contributed by atoms with van der Waals surface area (Å²) in [4.78, 5) is 167. The molecule has 0 aromatic rings. The number of carbonyl (C=O) groups is 12. The van der Waals surface area contributed by atoms with Crippen molar-refractivity contribution in [3.63, 3.8) is 0 Å². The number of ether oxygens (including phenoxy) is 1. The number of aliphatic hydroxyl groups excluding tert-OH is 1. The van der Waals surface area contributed by atoms with Gasteiger partial charge in [0.2, 0.25) is 23.6 Å².